The molecule has 0 unspecified atom stereocenters. The fraction of sp³-hybridized carbons (Fsp3) is 0.273. The number of carbonyl (C=O) groups excluding carboxylic acids is 1. The number of ether oxygens (including phenoxy) is 1. The number of thiazole rings is 1. The van der Waals surface area contributed by atoms with Gasteiger partial charge in [0, 0.05) is 29.9 Å². The maximum absolute atomic E-state index is 12.6. The fourth-order valence-electron chi connectivity index (χ4n) is 4.21. The minimum atomic E-state index is -0.288. The lowest BCUT2D eigenvalue weighted by molar-refractivity contribution is 0.0901. The topological polar surface area (TPSA) is 84.7 Å². The Morgan fingerprint density at radius 1 is 1.26 bits per heavy atom. The van der Waals surface area contributed by atoms with Gasteiger partial charge >= 0.3 is 0 Å². The molecule has 0 fully saturated rings. The molecule has 0 bridgehead atoms. The molecule has 31 heavy (non-hydrogen) atoms. The largest absolute Gasteiger partial charge is 0.490 e. The molecule has 156 valence electrons. The van der Waals surface area contributed by atoms with Crippen LogP contribution in [-0.2, 0) is 6.42 Å². The number of hydrogen-bond acceptors (Lipinski definition) is 7. The highest BCUT2D eigenvalue weighted by molar-refractivity contribution is 7.17. The van der Waals surface area contributed by atoms with E-state index in [2.05, 4.69) is 26.3 Å². The van der Waals surface area contributed by atoms with Crippen LogP contribution in [0.5, 0.6) is 5.75 Å². The molecular formula is C22H20N6O2S. The van der Waals surface area contributed by atoms with Crippen molar-refractivity contribution in [2.24, 2.45) is 0 Å². The summed E-state index contributed by atoms with van der Waals surface area (Å²) in [6.07, 6.45) is 7.96. The number of carbonyl (C=O) groups is 1. The number of aromatic nitrogens is 4. The predicted octanol–water partition coefficient (Wildman–Crippen LogP) is 3.45. The number of nitrogens with zero attached hydrogens (tertiary/aromatic N) is 5. The molecule has 1 amide bonds. The standard InChI is InChI=1S/C22H20N6O2S/c1-22(2)10-14-19(20(29)26-22)31-21(25-14)28-7-8-30-17-4-3-13(9-15(17)28)16-11-24-18-12-23-5-6-27(16)18/h3-6,9,11-12H,7-8,10H2,1-2H3,(H,26,29). The summed E-state index contributed by atoms with van der Waals surface area (Å²) in [6.45, 7) is 5.28. The van der Waals surface area contributed by atoms with Gasteiger partial charge in [0.05, 0.1) is 36.0 Å². The molecule has 3 aromatic heterocycles. The first-order chi connectivity index (χ1) is 15.0. The number of amides is 1. The Kier molecular flexibility index (Phi) is 3.85. The van der Waals surface area contributed by atoms with E-state index < -0.39 is 0 Å². The molecule has 6 rings (SSSR count). The zero-order chi connectivity index (χ0) is 21.2. The smallest absolute Gasteiger partial charge is 0.263 e. The van der Waals surface area contributed by atoms with Gasteiger partial charge in [-0.25, -0.2) is 9.97 Å². The van der Waals surface area contributed by atoms with Gasteiger partial charge in [-0.2, -0.15) is 0 Å². The number of benzene rings is 1. The summed E-state index contributed by atoms with van der Waals surface area (Å²) >= 11 is 1.44. The molecule has 9 heteroatoms. The van der Waals surface area contributed by atoms with E-state index in [9.17, 15) is 4.79 Å². The van der Waals surface area contributed by atoms with Gasteiger partial charge in [0.2, 0.25) is 0 Å². The van der Waals surface area contributed by atoms with Crippen LogP contribution in [0.15, 0.2) is 43.0 Å². The molecule has 5 heterocycles. The van der Waals surface area contributed by atoms with E-state index in [0.717, 1.165) is 45.6 Å². The van der Waals surface area contributed by atoms with Gasteiger partial charge < -0.3 is 15.0 Å². The van der Waals surface area contributed by atoms with Gasteiger partial charge in [-0.15, -0.1) is 0 Å². The van der Waals surface area contributed by atoms with E-state index in [0.29, 0.717) is 18.0 Å². The number of fused-ring (bicyclic) bond motifs is 3. The Labute approximate surface area is 182 Å². The van der Waals surface area contributed by atoms with Crippen molar-refractivity contribution >= 4 is 33.7 Å². The molecule has 0 atom stereocenters. The second-order valence-electron chi connectivity index (χ2n) is 8.42. The van der Waals surface area contributed by atoms with Crippen LogP contribution in [0.4, 0.5) is 10.8 Å². The van der Waals surface area contributed by atoms with Crippen LogP contribution in [0.1, 0.15) is 29.2 Å². The molecule has 0 saturated heterocycles. The number of anilines is 2. The normalized spacial score (nSPS) is 17.1. The fourth-order valence-corrected chi connectivity index (χ4v) is 5.23. The highest BCUT2D eigenvalue weighted by atomic mass is 32.1. The van der Waals surface area contributed by atoms with E-state index in [1.165, 1.54) is 11.3 Å². The summed E-state index contributed by atoms with van der Waals surface area (Å²) in [5.74, 6) is 0.764. The van der Waals surface area contributed by atoms with Gasteiger partial charge in [-0.3, -0.25) is 14.2 Å². The highest BCUT2D eigenvalue weighted by Crippen LogP contribution is 2.42. The molecule has 0 radical (unpaired) electrons. The Bertz CT molecular complexity index is 1340. The third-order valence-electron chi connectivity index (χ3n) is 5.62. The van der Waals surface area contributed by atoms with Crippen molar-refractivity contribution in [3.63, 3.8) is 0 Å². The average Bonchev–Trinajstić information content (AvgIpc) is 3.36. The molecule has 0 spiro atoms. The molecule has 0 aliphatic carbocycles. The van der Waals surface area contributed by atoms with E-state index in [1.54, 1.807) is 12.4 Å². The molecule has 1 aromatic carbocycles. The molecular weight excluding hydrogens is 412 g/mol. The van der Waals surface area contributed by atoms with Crippen molar-refractivity contribution in [3.8, 4) is 17.0 Å². The van der Waals surface area contributed by atoms with E-state index in [-0.39, 0.29) is 11.4 Å². The van der Waals surface area contributed by atoms with Gasteiger partial charge in [-0.1, -0.05) is 11.3 Å². The maximum atomic E-state index is 12.6. The number of imidazole rings is 1. The minimum absolute atomic E-state index is 0.0448. The van der Waals surface area contributed by atoms with Crippen LogP contribution in [0.25, 0.3) is 16.9 Å². The number of hydrogen-bond donors (Lipinski definition) is 1. The zero-order valence-electron chi connectivity index (χ0n) is 17.1. The Morgan fingerprint density at radius 3 is 3.06 bits per heavy atom. The van der Waals surface area contributed by atoms with Crippen LogP contribution in [0, 0.1) is 0 Å². The number of rotatable bonds is 2. The summed E-state index contributed by atoms with van der Waals surface area (Å²) in [7, 11) is 0. The SMILES string of the molecule is CC1(C)Cc2nc(N3CCOc4ccc(-c5cnc6cnccn56)cc43)sc2C(=O)N1. The van der Waals surface area contributed by atoms with Crippen molar-refractivity contribution in [2.75, 3.05) is 18.1 Å². The van der Waals surface area contributed by atoms with Gasteiger partial charge in [0.15, 0.2) is 10.8 Å². The summed E-state index contributed by atoms with van der Waals surface area (Å²) in [6, 6.07) is 6.12. The van der Waals surface area contributed by atoms with Crippen LogP contribution >= 0.6 is 11.3 Å². The molecule has 1 N–H and O–H groups in total. The van der Waals surface area contributed by atoms with Crippen LogP contribution in [0.3, 0.4) is 0 Å². The van der Waals surface area contributed by atoms with Gasteiger partial charge in [0.25, 0.3) is 5.91 Å². The van der Waals surface area contributed by atoms with Crippen molar-refractivity contribution in [3.05, 3.63) is 53.6 Å². The lowest BCUT2D eigenvalue weighted by atomic mass is 9.94. The van der Waals surface area contributed by atoms with Crippen molar-refractivity contribution in [1.82, 2.24) is 24.7 Å². The minimum Gasteiger partial charge on any atom is -0.490 e. The van der Waals surface area contributed by atoms with Gasteiger partial charge in [-0.05, 0) is 32.0 Å². The summed E-state index contributed by atoms with van der Waals surface area (Å²) < 4.78 is 7.93. The monoisotopic (exact) mass is 432 g/mol. The first-order valence-electron chi connectivity index (χ1n) is 10.1. The van der Waals surface area contributed by atoms with Crippen molar-refractivity contribution < 1.29 is 9.53 Å². The van der Waals surface area contributed by atoms with E-state index in [1.807, 2.05) is 42.8 Å². The second-order valence-corrected chi connectivity index (χ2v) is 9.40. The Balaban J connectivity index is 1.44. The predicted molar refractivity (Wildman–Crippen MR) is 118 cm³/mol. The third-order valence-corrected chi connectivity index (χ3v) is 6.74. The van der Waals surface area contributed by atoms with Crippen molar-refractivity contribution in [2.45, 2.75) is 25.8 Å². The van der Waals surface area contributed by atoms with Gasteiger partial charge in [0.1, 0.15) is 17.2 Å². The Hall–Kier alpha value is -3.46. The third kappa shape index (κ3) is 2.96. The van der Waals surface area contributed by atoms with Crippen LogP contribution < -0.4 is 15.0 Å². The number of nitrogens with one attached hydrogen (secondary N) is 1. The van der Waals surface area contributed by atoms with Crippen LogP contribution in [0.2, 0.25) is 0 Å². The molecule has 0 saturated carbocycles. The molecule has 2 aliphatic heterocycles. The molecule has 2 aliphatic rings. The molecule has 4 aromatic rings. The average molecular weight is 433 g/mol. The van der Waals surface area contributed by atoms with Crippen molar-refractivity contribution in [1.29, 1.82) is 0 Å². The van der Waals surface area contributed by atoms with E-state index in [4.69, 9.17) is 9.72 Å². The quantitative estimate of drug-likeness (QED) is 0.522. The van der Waals surface area contributed by atoms with Crippen LogP contribution in [-0.4, -0.2) is 44.0 Å². The maximum Gasteiger partial charge on any atom is 0.263 e. The first-order valence-corrected chi connectivity index (χ1v) is 10.9. The second kappa shape index (κ2) is 6.52. The molecule has 8 nitrogen and oxygen atoms in total. The lowest BCUT2D eigenvalue weighted by Crippen LogP contribution is -2.48. The summed E-state index contributed by atoms with van der Waals surface area (Å²) in [5, 5.41) is 3.89. The summed E-state index contributed by atoms with van der Waals surface area (Å²) in [5.41, 5.74) is 4.32. The zero-order valence-corrected chi connectivity index (χ0v) is 17.9. The van der Waals surface area contributed by atoms with E-state index >= 15 is 0 Å². The Morgan fingerprint density at radius 2 is 2.16 bits per heavy atom. The summed E-state index contributed by atoms with van der Waals surface area (Å²) in [4.78, 5) is 28.9. The first kappa shape index (κ1) is 18.3. The lowest BCUT2D eigenvalue weighted by Gasteiger charge is -2.29. The highest BCUT2D eigenvalue weighted by Gasteiger charge is 2.34.